The summed E-state index contributed by atoms with van der Waals surface area (Å²) in [5, 5.41) is 18.1. The molecule has 32 heavy (non-hydrogen) atoms. The first kappa shape index (κ1) is 21.4. The number of anilines is 2. The summed E-state index contributed by atoms with van der Waals surface area (Å²) in [6.45, 7) is 8.26. The molecule has 2 aromatic carbocycles. The van der Waals surface area contributed by atoms with E-state index in [-0.39, 0.29) is 5.91 Å². The number of benzene rings is 2. The van der Waals surface area contributed by atoms with Crippen LogP contribution in [0.4, 0.5) is 11.6 Å². The number of aromatic nitrogens is 4. The molecule has 0 fully saturated rings. The number of nitrogens with zero attached hydrogens (tertiary/aromatic N) is 4. The molecule has 9 heteroatoms. The molecular formula is C23H26N6O3. The van der Waals surface area contributed by atoms with E-state index in [0.717, 1.165) is 22.4 Å². The molecule has 0 aliphatic carbocycles. The fourth-order valence-electron chi connectivity index (χ4n) is 3.89. The molecule has 0 radical (unpaired) electrons. The van der Waals surface area contributed by atoms with Crippen molar-refractivity contribution in [1.82, 2.24) is 20.2 Å². The Morgan fingerprint density at radius 3 is 2.69 bits per heavy atom. The van der Waals surface area contributed by atoms with E-state index in [1.165, 1.54) is 0 Å². The van der Waals surface area contributed by atoms with Crippen LogP contribution in [0.3, 0.4) is 0 Å². The number of methoxy groups -OCH3 is 1. The van der Waals surface area contributed by atoms with Gasteiger partial charge in [-0.15, -0.1) is 0 Å². The first-order chi connectivity index (χ1) is 15.4. The Morgan fingerprint density at radius 2 is 1.97 bits per heavy atom. The highest BCUT2D eigenvalue weighted by atomic mass is 16.5. The Balaban J connectivity index is 1.77. The molecule has 2 N–H and O–H groups in total. The zero-order valence-electron chi connectivity index (χ0n) is 18.8. The van der Waals surface area contributed by atoms with Crippen LogP contribution in [0.1, 0.15) is 36.6 Å². The fraction of sp³-hybridized carbons (Fsp3) is 0.304. The number of aryl methyl sites for hydroxylation is 2. The van der Waals surface area contributed by atoms with Crippen LogP contribution in [0, 0.1) is 13.8 Å². The maximum absolute atomic E-state index is 13.5. The molecule has 4 rings (SSSR count). The third kappa shape index (κ3) is 3.89. The molecule has 1 aliphatic heterocycles. The number of fused-ring (bicyclic) bond motifs is 1. The van der Waals surface area contributed by atoms with Crippen LogP contribution < -0.4 is 20.1 Å². The van der Waals surface area contributed by atoms with Gasteiger partial charge in [-0.25, -0.2) is 0 Å². The Hall–Kier alpha value is -3.88. The van der Waals surface area contributed by atoms with Crippen LogP contribution in [0.5, 0.6) is 11.5 Å². The average Bonchev–Trinajstić information content (AvgIpc) is 3.23. The van der Waals surface area contributed by atoms with Crippen molar-refractivity contribution in [1.29, 1.82) is 0 Å². The fourth-order valence-corrected chi connectivity index (χ4v) is 3.89. The number of ether oxygens (including phenoxy) is 2. The van der Waals surface area contributed by atoms with Gasteiger partial charge < -0.3 is 20.1 Å². The van der Waals surface area contributed by atoms with Crippen molar-refractivity contribution in [2.75, 3.05) is 24.4 Å². The molecule has 9 nitrogen and oxygen atoms in total. The lowest BCUT2D eigenvalue weighted by molar-refractivity contribution is -0.113. The third-order valence-corrected chi connectivity index (χ3v) is 5.39. The van der Waals surface area contributed by atoms with Gasteiger partial charge in [-0.2, -0.15) is 4.68 Å². The van der Waals surface area contributed by atoms with E-state index in [0.29, 0.717) is 35.3 Å². The van der Waals surface area contributed by atoms with Gasteiger partial charge in [0.15, 0.2) is 11.5 Å². The maximum atomic E-state index is 13.5. The molecule has 1 aliphatic rings. The summed E-state index contributed by atoms with van der Waals surface area (Å²) in [6, 6.07) is 10.9. The van der Waals surface area contributed by atoms with Crippen molar-refractivity contribution in [3.8, 4) is 11.5 Å². The van der Waals surface area contributed by atoms with Crippen LogP contribution in [-0.4, -0.2) is 39.8 Å². The first-order valence-electron chi connectivity index (χ1n) is 10.4. The Bertz CT molecular complexity index is 1200. The summed E-state index contributed by atoms with van der Waals surface area (Å²) in [7, 11) is 1.58. The van der Waals surface area contributed by atoms with E-state index in [4.69, 9.17) is 9.47 Å². The van der Waals surface area contributed by atoms with E-state index in [2.05, 4.69) is 26.2 Å². The molecule has 0 spiro atoms. The summed E-state index contributed by atoms with van der Waals surface area (Å²) in [5.41, 5.74) is 4.86. The zero-order valence-corrected chi connectivity index (χ0v) is 18.8. The van der Waals surface area contributed by atoms with E-state index in [9.17, 15) is 4.79 Å². The minimum atomic E-state index is -0.545. The van der Waals surface area contributed by atoms with E-state index >= 15 is 0 Å². The number of allylic oxidation sites excluding steroid dienone is 1. The molecule has 1 amide bonds. The molecule has 3 aromatic rings. The predicted octanol–water partition coefficient (Wildman–Crippen LogP) is 3.62. The van der Waals surface area contributed by atoms with Gasteiger partial charge in [0.05, 0.1) is 19.3 Å². The SMILES string of the molecule is CCOc1ccc(C2C(C(=O)Nc3ccc(C)cc3C)=C(C)Nc3nnnn32)cc1OC. The molecule has 1 aromatic heterocycles. The second kappa shape index (κ2) is 8.70. The van der Waals surface area contributed by atoms with Gasteiger partial charge in [-0.3, -0.25) is 4.79 Å². The Labute approximate surface area is 186 Å². The van der Waals surface area contributed by atoms with E-state index < -0.39 is 6.04 Å². The highest BCUT2D eigenvalue weighted by Crippen LogP contribution is 2.38. The molecule has 0 saturated carbocycles. The molecule has 1 atom stereocenters. The van der Waals surface area contributed by atoms with Gasteiger partial charge in [0.1, 0.15) is 6.04 Å². The minimum absolute atomic E-state index is 0.235. The molecular weight excluding hydrogens is 408 g/mol. The van der Waals surface area contributed by atoms with Gasteiger partial charge in [0, 0.05) is 11.4 Å². The number of carbonyl (C=O) groups is 1. The summed E-state index contributed by atoms with van der Waals surface area (Å²) in [4.78, 5) is 13.5. The summed E-state index contributed by atoms with van der Waals surface area (Å²) >= 11 is 0. The Morgan fingerprint density at radius 1 is 1.16 bits per heavy atom. The largest absolute Gasteiger partial charge is 0.493 e. The van der Waals surface area contributed by atoms with Crippen molar-refractivity contribution in [3.63, 3.8) is 0 Å². The van der Waals surface area contributed by atoms with E-state index in [1.54, 1.807) is 11.8 Å². The van der Waals surface area contributed by atoms with Gasteiger partial charge in [0.2, 0.25) is 5.95 Å². The van der Waals surface area contributed by atoms with E-state index in [1.807, 2.05) is 64.1 Å². The van der Waals surface area contributed by atoms with Gasteiger partial charge in [0.25, 0.3) is 5.91 Å². The van der Waals surface area contributed by atoms with Crippen molar-refractivity contribution in [3.05, 3.63) is 64.4 Å². The monoisotopic (exact) mass is 434 g/mol. The smallest absolute Gasteiger partial charge is 0.255 e. The number of hydrogen-bond donors (Lipinski definition) is 2. The molecule has 2 heterocycles. The topological polar surface area (TPSA) is 103 Å². The standard InChI is InChI=1S/C23H26N6O3/c1-6-32-18-10-8-16(12-19(18)31-5)21-20(15(4)24-23-26-27-28-29(21)23)22(30)25-17-9-7-13(2)11-14(17)3/h7-12,21H,6H2,1-5H3,(H,25,30)(H,24,26,28). The van der Waals surface area contributed by atoms with Crippen molar-refractivity contribution >= 4 is 17.5 Å². The number of hydrogen-bond acceptors (Lipinski definition) is 7. The van der Waals surface area contributed by atoms with Crippen LogP contribution >= 0.6 is 0 Å². The number of tetrazole rings is 1. The predicted molar refractivity (Wildman–Crippen MR) is 121 cm³/mol. The van der Waals surface area contributed by atoms with Crippen molar-refractivity contribution in [2.45, 2.75) is 33.7 Å². The summed E-state index contributed by atoms with van der Waals surface area (Å²) in [6.07, 6.45) is 0. The van der Waals surface area contributed by atoms with Gasteiger partial charge in [-0.05, 0) is 67.4 Å². The maximum Gasteiger partial charge on any atom is 0.255 e. The normalized spacial score (nSPS) is 15.1. The van der Waals surface area contributed by atoms with Crippen LogP contribution in [0.15, 0.2) is 47.7 Å². The number of nitrogens with one attached hydrogen (secondary N) is 2. The lowest BCUT2D eigenvalue weighted by Crippen LogP contribution is -2.31. The molecule has 1 unspecified atom stereocenters. The van der Waals surface area contributed by atoms with Gasteiger partial charge >= 0.3 is 0 Å². The number of amides is 1. The second-order valence-electron chi connectivity index (χ2n) is 7.63. The van der Waals surface area contributed by atoms with Crippen LogP contribution in [0.25, 0.3) is 0 Å². The average molecular weight is 435 g/mol. The van der Waals surface area contributed by atoms with Crippen LogP contribution in [-0.2, 0) is 4.79 Å². The molecule has 0 saturated heterocycles. The summed E-state index contributed by atoms with van der Waals surface area (Å²) in [5.74, 6) is 1.43. The summed E-state index contributed by atoms with van der Waals surface area (Å²) < 4.78 is 12.8. The zero-order chi connectivity index (χ0) is 22.8. The lowest BCUT2D eigenvalue weighted by atomic mass is 9.94. The molecule has 166 valence electrons. The third-order valence-electron chi connectivity index (χ3n) is 5.39. The van der Waals surface area contributed by atoms with Crippen molar-refractivity contribution in [2.24, 2.45) is 0 Å². The Kier molecular flexibility index (Phi) is 5.81. The number of carbonyl (C=O) groups excluding carboxylic acids is 1. The highest BCUT2D eigenvalue weighted by molar-refractivity contribution is 6.06. The second-order valence-corrected chi connectivity index (χ2v) is 7.63. The first-order valence-corrected chi connectivity index (χ1v) is 10.4. The number of rotatable bonds is 6. The highest BCUT2D eigenvalue weighted by Gasteiger charge is 2.34. The quantitative estimate of drug-likeness (QED) is 0.611. The lowest BCUT2D eigenvalue weighted by Gasteiger charge is -2.28. The van der Waals surface area contributed by atoms with Gasteiger partial charge in [-0.1, -0.05) is 28.9 Å². The minimum Gasteiger partial charge on any atom is -0.493 e. The van der Waals surface area contributed by atoms with Crippen molar-refractivity contribution < 1.29 is 14.3 Å². The molecule has 0 bridgehead atoms. The van der Waals surface area contributed by atoms with Crippen LogP contribution in [0.2, 0.25) is 0 Å².